The van der Waals surface area contributed by atoms with Crippen LogP contribution in [0.5, 0.6) is 0 Å². The summed E-state index contributed by atoms with van der Waals surface area (Å²) in [6.45, 7) is 11.5. The lowest BCUT2D eigenvalue weighted by Gasteiger charge is -2.29. The van der Waals surface area contributed by atoms with E-state index in [1.165, 1.54) is 11.8 Å². The number of H-pyrrole nitrogens is 1. The molecule has 122 valence electrons. The van der Waals surface area contributed by atoms with Gasteiger partial charge in [0.05, 0.1) is 0 Å². The Morgan fingerprint density at radius 3 is 2.83 bits per heavy atom. The third-order valence-electron chi connectivity index (χ3n) is 4.39. The number of benzene rings is 1. The molecule has 1 aliphatic rings. The first-order valence-corrected chi connectivity index (χ1v) is 8.01. The molecule has 0 radical (unpaired) electrons. The summed E-state index contributed by atoms with van der Waals surface area (Å²) in [5, 5.41) is 2.91. The summed E-state index contributed by atoms with van der Waals surface area (Å²) in [5.74, 6) is -0.00527. The summed E-state index contributed by atoms with van der Waals surface area (Å²) >= 11 is 0. The van der Waals surface area contributed by atoms with Crippen LogP contribution in [-0.2, 0) is 0 Å². The topological polar surface area (TPSA) is 62.1 Å². The summed E-state index contributed by atoms with van der Waals surface area (Å²) in [6.07, 6.45) is 6.88. The molecule has 2 aromatic rings. The van der Waals surface area contributed by atoms with Crippen LogP contribution in [0.25, 0.3) is 10.4 Å². The van der Waals surface area contributed by atoms with Crippen LogP contribution in [0, 0.1) is 12.0 Å². The standard InChI is InChI=1S/C19H20N4O/c1-19(2)10-8-13(9-11-19)14-6-4-5-7-15(14)22-18(24)17-21-12-16(20-3)23-17/h4-8,12H,9-11H2,1-2H3,(H,21,23)(H,22,24). The monoisotopic (exact) mass is 320 g/mol. The van der Waals surface area contributed by atoms with Crippen molar-refractivity contribution in [1.82, 2.24) is 9.97 Å². The Bertz CT molecular complexity index is 839. The van der Waals surface area contributed by atoms with Gasteiger partial charge in [0.15, 0.2) is 0 Å². The van der Waals surface area contributed by atoms with Crippen molar-refractivity contribution in [3.63, 3.8) is 0 Å². The molecule has 0 fully saturated rings. The molecule has 5 nitrogen and oxygen atoms in total. The van der Waals surface area contributed by atoms with Gasteiger partial charge in [-0.1, -0.05) is 49.7 Å². The summed E-state index contributed by atoms with van der Waals surface area (Å²) in [7, 11) is 0. The van der Waals surface area contributed by atoms with Crippen LogP contribution in [0.2, 0.25) is 0 Å². The van der Waals surface area contributed by atoms with Crippen LogP contribution in [-0.4, -0.2) is 15.9 Å². The van der Waals surface area contributed by atoms with E-state index in [1.54, 1.807) is 0 Å². The normalized spacial score (nSPS) is 16.1. The number of aromatic amines is 1. The van der Waals surface area contributed by atoms with E-state index < -0.39 is 0 Å². The summed E-state index contributed by atoms with van der Waals surface area (Å²) in [6, 6.07) is 7.81. The molecule has 1 heterocycles. The Labute approximate surface area is 141 Å². The van der Waals surface area contributed by atoms with E-state index in [9.17, 15) is 4.79 Å². The Balaban J connectivity index is 1.84. The highest BCUT2D eigenvalue weighted by atomic mass is 16.2. The zero-order valence-electron chi connectivity index (χ0n) is 13.9. The van der Waals surface area contributed by atoms with Gasteiger partial charge >= 0.3 is 5.91 Å². The largest absolute Gasteiger partial charge is 0.359 e. The summed E-state index contributed by atoms with van der Waals surface area (Å²) in [5.41, 5.74) is 3.44. The van der Waals surface area contributed by atoms with Gasteiger partial charge in [0.1, 0.15) is 0 Å². The van der Waals surface area contributed by atoms with E-state index in [4.69, 9.17) is 6.57 Å². The third-order valence-corrected chi connectivity index (χ3v) is 4.39. The van der Waals surface area contributed by atoms with E-state index >= 15 is 0 Å². The highest BCUT2D eigenvalue weighted by Crippen LogP contribution is 2.39. The van der Waals surface area contributed by atoms with E-state index in [2.05, 4.69) is 40.1 Å². The molecule has 1 aromatic carbocycles. The van der Waals surface area contributed by atoms with Crippen molar-refractivity contribution < 1.29 is 4.79 Å². The van der Waals surface area contributed by atoms with Gasteiger partial charge in [0.2, 0.25) is 0 Å². The van der Waals surface area contributed by atoms with Gasteiger partial charge in [-0.3, -0.25) is 4.79 Å². The molecule has 0 saturated heterocycles. The smallest absolute Gasteiger partial charge is 0.316 e. The lowest BCUT2D eigenvalue weighted by Crippen LogP contribution is -2.17. The molecule has 0 saturated carbocycles. The summed E-state index contributed by atoms with van der Waals surface area (Å²) < 4.78 is 0. The Morgan fingerprint density at radius 2 is 2.17 bits per heavy atom. The lowest BCUT2D eigenvalue weighted by atomic mass is 9.77. The SMILES string of the molecule is [C-]#[N+]c1c[nH]c(C(=O)Nc2ccccc2C2=CCC(C)(C)CC2)n1. The molecule has 3 rings (SSSR count). The molecule has 5 heteroatoms. The molecule has 0 unspecified atom stereocenters. The van der Waals surface area contributed by atoms with Crippen LogP contribution < -0.4 is 5.32 Å². The van der Waals surface area contributed by atoms with Crippen LogP contribution >= 0.6 is 0 Å². The average Bonchev–Trinajstić information content (AvgIpc) is 3.05. The fourth-order valence-electron chi connectivity index (χ4n) is 2.86. The zero-order valence-corrected chi connectivity index (χ0v) is 13.9. The predicted molar refractivity (Wildman–Crippen MR) is 94.9 cm³/mol. The first-order valence-electron chi connectivity index (χ1n) is 8.01. The molecule has 0 atom stereocenters. The highest BCUT2D eigenvalue weighted by Gasteiger charge is 2.23. The molecule has 1 aromatic heterocycles. The minimum absolute atomic E-state index is 0.148. The Morgan fingerprint density at radius 1 is 1.38 bits per heavy atom. The first kappa shape index (κ1) is 16.0. The molecule has 1 amide bonds. The van der Waals surface area contributed by atoms with Crippen molar-refractivity contribution in [2.45, 2.75) is 33.1 Å². The number of nitrogens with one attached hydrogen (secondary N) is 2. The number of amides is 1. The van der Waals surface area contributed by atoms with Crippen molar-refractivity contribution >= 4 is 23.0 Å². The molecular weight excluding hydrogens is 300 g/mol. The van der Waals surface area contributed by atoms with Gasteiger partial charge in [0, 0.05) is 17.4 Å². The van der Waals surface area contributed by atoms with Gasteiger partial charge in [0.25, 0.3) is 11.6 Å². The molecule has 0 aliphatic heterocycles. The van der Waals surface area contributed by atoms with Crippen molar-refractivity contribution in [1.29, 1.82) is 0 Å². The van der Waals surface area contributed by atoms with Gasteiger partial charge in [-0.2, -0.15) is 0 Å². The van der Waals surface area contributed by atoms with Gasteiger partial charge in [-0.25, -0.2) is 0 Å². The maximum absolute atomic E-state index is 12.4. The molecule has 24 heavy (non-hydrogen) atoms. The quantitative estimate of drug-likeness (QED) is 0.797. The number of carbonyl (C=O) groups excluding carboxylic acids is 1. The number of imidazole rings is 1. The van der Waals surface area contributed by atoms with Gasteiger partial charge in [-0.05, 0) is 36.3 Å². The van der Waals surface area contributed by atoms with Crippen molar-refractivity contribution in [2.75, 3.05) is 5.32 Å². The van der Waals surface area contributed by atoms with Gasteiger partial charge < -0.3 is 15.1 Å². The van der Waals surface area contributed by atoms with Crippen LogP contribution in [0.4, 0.5) is 11.5 Å². The number of anilines is 1. The second kappa shape index (κ2) is 6.32. The van der Waals surface area contributed by atoms with Crippen molar-refractivity contribution in [2.24, 2.45) is 5.41 Å². The number of para-hydroxylation sites is 1. The number of carbonyl (C=O) groups is 1. The minimum Gasteiger partial charge on any atom is -0.359 e. The van der Waals surface area contributed by atoms with Gasteiger partial charge in [-0.15, -0.1) is 0 Å². The first-order chi connectivity index (χ1) is 11.5. The van der Waals surface area contributed by atoms with Crippen molar-refractivity contribution in [3.8, 4) is 0 Å². The second-order valence-corrected chi connectivity index (χ2v) is 6.82. The number of hydrogen-bond acceptors (Lipinski definition) is 2. The molecule has 0 bridgehead atoms. The Hall–Kier alpha value is -2.87. The van der Waals surface area contributed by atoms with E-state index in [0.29, 0.717) is 5.41 Å². The Kier molecular flexibility index (Phi) is 4.22. The number of nitrogens with zero attached hydrogens (tertiary/aromatic N) is 2. The molecular formula is C19H20N4O. The van der Waals surface area contributed by atoms with Crippen molar-refractivity contribution in [3.05, 3.63) is 59.3 Å². The fourth-order valence-corrected chi connectivity index (χ4v) is 2.86. The number of aromatic nitrogens is 2. The highest BCUT2D eigenvalue weighted by molar-refractivity contribution is 6.03. The molecule has 0 spiro atoms. The molecule has 2 N–H and O–H groups in total. The third kappa shape index (κ3) is 3.38. The second-order valence-electron chi connectivity index (χ2n) is 6.82. The minimum atomic E-state index is -0.339. The predicted octanol–water partition coefficient (Wildman–Crippen LogP) is 4.81. The van der Waals surface area contributed by atoms with Crippen LogP contribution in [0.15, 0.2) is 36.5 Å². The maximum Gasteiger partial charge on any atom is 0.316 e. The lowest BCUT2D eigenvalue weighted by molar-refractivity contribution is 0.101. The van der Waals surface area contributed by atoms with E-state index in [-0.39, 0.29) is 17.5 Å². The summed E-state index contributed by atoms with van der Waals surface area (Å²) in [4.78, 5) is 22.2. The number of hydrogen-bond donors (Lipinski definition) is 2. The van der Waals surface area contributed by atoms with E-state index in [0.717, 1.165) is 30.5 Å². The fraction of sp³-hybridized carbons (Fsp3) is 0.316. The molecule has 1 aliphatic carbocycles. The van der Waals surface area contributed by atoms with Crippen LogP contribution in [0.3, 0.4) is 0 Å². The zero-order chi connectivity index (χ0) is 17.2. The average molecular weight is 320 g/mol. The number of rotatable bonds is 3. The maximum atomic E-state index is 12.4. The van der Waals surface area contributed by atoms with E-state index in [1.807, 2.05) is 24.3 Å². The van der Waals surface area contributed by atoms with Crippen LogP contribution in [0.1, 0.15) is 49.3 Å². The number of allylic oxidation sites excluding steroid dienone is 2.